The van der Waals surface area contributed by atoms with Crippen molar-refractivity contribution in [1.82, 2.24) is 8.61 Å². The molecule has 1 N–H and O–H groups in total. The summed E-state index contributed by atoms with van der Waals surface area (Å²) in [6.45, 7) is 4.17. The van der Waals surface area contributed by atoms with Crippen molar-refractivity contribution in [3.05, 3.63) is 65.2 Å². The molecule has 0 unspecified atom stereocenters. The number of nitrogens with zero attached hydrogens (tertiary/aromatic N) is 2. The van der Waals surface area contributed by atoms with E-state index in [4.69, 9.17) is 0 Å². The first kappa shape index (κ1) is 21.2. The molecule has 2 aromatic rings. The molecule has 3 rings (SSSR count). The molecule has 0 spiro atoms. The number of Topliss-reactive ketones (excluding diaryl/α,β-unsaturated/α-hetero) is 1. The van der Waals surface area contributed by atoms with Crippen molar-refractivity contribution >= 4 is 27.6 Å². The molecule has 1 aliphatic rings. The molecule has 154 valence electrons. The molecule has 0 bridgehead atoms. The first-order chi connectivity index (χ1) is 13.8. The number of rotatable bonds is 6. The molecule has 2 aromatic carbocycles. The van der Waals surface area contributed by atoms with E-state index in [1.54, 1.807) is 24.3 Å². The Bertz CT molecular complexity index is 1000. The maximum atomic E-state index is 12.9. The summed E-state index contributed by atoms with van der Waals surface area (Å²) in [6.07, 6.45) is 0.651. The number of ketones is 1. The van der Waals surface area contributed by atoms with E-state index in [2.05, 4.69) is 5.32 Å². The van der Waals surface area contributed by atoms with Crippen molar-refractivity contribution in [3.8, 4) is 0 Å². The summed E-state index contributed by atoms with van der Waals surface area (Å²) in [5.74, 6) is -0.544. The van der Waals surface area contributed by atoms with Crippen LogP contribution in [0.15, 0.2) is 48.5 Å². The minimum Gasteiger partial charge on any atom is -0.325 e. The topological polar surface area (TPSA) is 86.8 Å². The van der Waals surface area contributed by atoms with Gasteiger partial charge in [-0.2, -0.15) is 17.0 Å². The molecule has 7 nitrogen and oxygen atoms in total. The maximum absolute atomic E-state index is 12.9. The SMILES string of the molecule is CC(=O)c1cccc(NC(=O)CN2CCCN(Cc3ccc(C)cc3)S2(=O)=O)c1. The van der Waals surface area contributed by atoms with Gasteiger partial charge in [-0.05, 0) is 38.0 Å². The highest BCUT2D eigenvalue weighted by Gasteiger charge is 2.34. The van der Waals surface area contributed by atoms with Crippen molar-refractivity contribution < 1.29 is 18.0 Å². The van der Waals surface area contributed by atoms with Crippen LogP contribution in [-0.4, -0.2) is 48.4 Å². The molecule has 0 atom stereocenters. The lowest BCUT2D eigenvalue weighted by molar-refractivity contribution is -0.116. The Kier molecular flexibility index (Phi) is 6.46. The summed E-state index contributed by atoms with van der Waals surface area (Å²) < 4.78 is 28.5. The number of amides is 1. The first-order valence-corrected chi connectivity index (χ1v) is 10.9. The van der Waals surface area contributed by atoms with Gasteiger partial charge in [0.15, 0.2) is 5.78 Å². The molecule has 29 heavy (non-hydrogen) atoms. The van der Waals surface area contributed by atoms with Gasteiger partial charge in [0, 0.05) is 30.9 Å². The Morgan fingerprint density at radius 1 is 1.03 bits per heavy atom. The van der Waals surface area contributed by atoms with Crippen molar-refractivity contribution in [3.63, 3.8) is 0 Å². The van der Waals surface area contributed by atoms with Crippen LogP contribution in [0, 0.1) is 6.92 Å². The number of hydrogen-bond acceptors (Lipinski definition) is 4. The van der Waals surface area contributed by atoms with E-state index in [0.29, 0.717) is 30.8 Å². The van der Waals surface area contributed by atoms with Crippen LogP contribution < -0.4 is 5.32 Å². The molecular weight excluding hydrogens is 390 g/mol. The van der Waals surface area contributed by atoms with Gasteiger partial charge in [-0.15, -0.1) is 0 Å². The summed E-state index contributed by atoms with van der Waals surface area (Å²) in [6, 6.07) is 14.3. The van der Waals surface area contributed by atoms with E-state index in [-0.39, 0.29) is 18.9 Å². The van der Waals surface area contributed by atoms with Gasteiger partial charge >= 0.3 is 0 Å². The highest BCUT2D eigenvalue weighted by Crippen LogP contribution is 2.20. The van der Waals surface area contributed by atoms with Crippen molar-refractivity contribution in [2.24, 2.45) is 0 Å². The fourth-order valence-electron chi connectivity index (χ4n) is 3.21. The number of benzene rings is 2. The average molecular weight is 416 g/mol. The molecule has 0 aliphatic carbocycles. The number of anilines is 1. The second-order valence-corrected chi connectivity index (χ2v) is 9.13. The first-order valence-electron chi connectivity index (χ1n) is 9.47. The number of hydrogen-bond donors (Lipinski definition) is 1. The van der Waals surface area contributed by atoms with Gasteiger partial charge in [0.2, 0.25) is 5.91 Å². The molecule has 1 amide bonds. The molecule has 0 aromatic heterocycles. The summed E-state index contributed by atoms with van der Waals surface area (Å²) in [7, 11) is -3.73. The number of carbonyl (C=O) groups excluding carboxylic acids is 2. The molecule has 0 saturated carbocycles. The highest BCUT2D eigenvalue weighted by atomic mass is 32.2. The second-order valence-electron chi connectivity index (χ2n) is 7.20. The largest absolute Gasteiger partial charge is 0.325 e. The van der Waals surface area contributed by atoms with E-state index in [1.165, 1.54) is 15.5 Å². The van der Waals surface area contributed by atoms with Crippen LogP contribution in [0.4, 0.5) is 5.69 Å². The number of nitrogens with one attached hydrogen (secondary N) is 1. The van der Waals surface area contributed by atoms with Crippen LogP contribution in [0.2, 0.25) is 0 Å². The van der Waals surface area contributed by atoms with Crippen LogP contribution >= 0.6 is 0 Å². The van der Waals surface area contributed by atoms with Crippen LogP contribution in [0.5, 0.6) is 0 Å². The minimum absolute atomic E-state index is 0.105. The molecule has 8 heteroatoms. The summed E-state index contributed by atoms with van der Waals surface area (Å²) >= 11 is 0. The Morgan fingerprint density at radius 3 is 2.41 bits per heavy atom. The zero-order valence-electron chi connectivity index (χ0n) is 16.6. The van der Waals surface area contributed by atoms with Crippen LogP contribution in [-0.2, 0) is 21.5 Å². The molecular formula is C21H25N3O4S. The van der Waals surface area contributed by atoms with Crippen LogP contribution in [0.1, 0.15) is 34.8 Å². The molecule has 1 aliphatic heterocycles. The van der Waals surface area contributed by atoms with Crippen molar-refractivity contribution in [2.45, 2.75) is 26.8 Å². The molecule has 0 radical (unpaired) electrons. The Morgan fingerprint density at radius 2 is 1.72 bits per heavy atom. The molecule has 1 saturated heterocycles. The Hall–Kier alpha value is -2.55. The third-order valence-electron chi connectivity index (χ3n) is 4.82. The predicted molar refractivity (Wildman–Crippen MR) is 112 cm³/mol. The average Bonchev–Trinajstić information content (AvgIpc) is 2.67. The van der Waals surface area contributed by atoms with Gasteiger partial charge in [-0.3, -0.25) is 9.59 Å². The zero-order chi connectivity index (χ0) is 21.0. The van der Waals surface area contributed by atoms with Gasteiger partial charge in [0.1, 0.15) is 0 Å². The Labute approximate surface area is 171 Å². The zero-order valence-corrected chi connectivity index (χ0v) is 17.4. The minimum atomic E-state index is -3.73. The summed E-state index contributed by atoms with van der Waals surface area (Å²) in [4.78, 5) is 23.9. The third kappa shape index (κ3) is 5.29. The summed E-state index contributed by atoms with van der Waals surface area (Å²) in [5, 5.41) is 2.68. The standard InChI is InChI=1S/C21H25N3O4S/c1-16-7-9-18(10-8-16)14-23-11-4-12-24(29(23,27)28)15-21(26)22-20-6-3-5-19(13-20)17(2)25/h3,5-10,13H,4,11-12,14-15H2,1-2H3,(H,22,26). The summed E-state index contributed by atoms with van der Waals surface area (Å²) in [5.41, 5.74) is 2.97. The lowest BCUT2D eigenvalue weighted by Crippen LogP contribution is -2.51. The van der Waals surface area contributed by atoms with Gasteiger partial charge in [0.05, 0.1) is 6.54 Å². The number of aryl methyl sites for hydroxylation is 1. The van der Waals surface area contributed by atoms with Crippen LogP contribution in [0.25, 0.3) is 0 Å². The predicted octanol–water partition coefficient (Wildman–Crippen LogP) is 2.59. The van der Waals surface area contributed by atoms with Crippen molar-refractivity contribution in [2.75, 3.05) is 25.0 Å². The highest BCUT2D eigenvalue weighted by molar-refractivity contribution is 7.86. The number of carbonyl (C=O) groups is 2. The van der Waals surface area contributed by atoms with Crippen molar-refractivity contribution in [1.29, 1.82) is 0 Å². The monoisotopic (exact) mass is 415 g/mol. The Balaban J connectivity index is 1.66. The fourth-order valence-corrected chi connectivity index (χ4v) is 4.85. The van der Waals surface area contributed by atoms with E-state index in [9.17, 15) is 18.0 Å². The molecule has 1 heterocycles. The smallest absolute Gasteiger partial charge is 0.282 e. The van der Waals surface area contributed by atoms with E-state index >= 15 is 0 Å². The van der Waals surface area contributed by atoms with Gasteiger partial charge in [-0.25, -0.2) is 0 Å². The maximum Gasteiger partial charge on any atom is 0.282 e. The quantitative estimate of drug-likeness (QED) is 0.735. The van der Waals surface area contributed by atoms with Crippen LogP contribution in [0.3, 0.4) is 0 Å². The van der Waals surface area contributed by atoms with E-state index in [1.807, 2.05) is 31.2 Å². The molecule has 1 fully saturated rings. The lowest BCUT2D eigenvalue weighted by atomic mass is 10.1. The van der Waals surface area contributed by atoms with E-state index in [0.717, 1.165) is 11.1 Å². The van der Waals surface area contributed by atoms with Gasteiger partial charge in [-0.1, -0.05) is 42.0 Å². The second kappa shape index (κ2) is 8.86. The van der Waals surface area contributed by atoms with Gasteiger partial charge in [0.25, 0.3) is 10.2 Å². The van der Waals surface area contributed by atoms with E-state index < -0.39 is 16.1 Å². The lowest BCUT2D eigenvalue weighted by Gasteiger charge is -2.34. The normalized spacial score (nSPS) is 17.0. The third-order valence-corrected chi connectivity index (χ3v) is 6.75. The van der Waals surface area contributed by atoms with Gasteiger partial charge < -0.3 is 5.32 Å². The fraction of sp³-hybridized carbons (Fsp3) is 0.333.